The van der Waals surface area contributed by atoms with Crippen molar-refractivity contribution in [3.63, 3.8) is 0 Å². The number of hydrogen-bond acceptors (Lipinski definition) is 3. The van der Waals surface area contributed by atoms with Gasteiger partial charge in [0, 0.05) is 17.3 Å². The van der Waals surface area contributed by atoms with Gasteiger partial charge in [0.05, 0.1) is 18.4 Å². The number of rotatable bonds is 9. The van der Waals surface area contributed by atoms with Gasteiger partial charge in [0.1, 0.15) is 5.75 Å². The van der Waals surface area contributed by atoms with Crippen molar-refractivity contribution in [1.29, 1.82) is 0 Å². The van der Waals surface area contributed by atoms with Gasteiger partial charge in [0.15, 0.2) is 0 Å². The number of benzene rings is 2. The van der Waals surface area contributed by atoms with Crippen LogP contribution in [0.5, 0.6) is 5.75 Å². The minimum absolute atomic E-state index is 0.281. The molecular weight excluding hydrogens is 362 g/mol. The maximum Gasteiger partial charge on any atom is 0.335 e. The van der Waals surface area contributed by atoms with Crippen molar-refractivity contribution in [3.8, 4) is 28.1 Å². The first-order valence-corrected chi connectivity index (χ1v) is 10.1. The third-order valence-corrected chi connectivity index (χ3v) is 5.07. The molecule has 1 N–H and O–H groups in total. The van der Waals surface area contributed by atoms with Crippen LogP contribution in [0, 0.1) is 0 Å². The molecule has 0 unspecified atom stereocenters. The summed E-state index contributed by atoms with van der Waals surface area (Å²) in [5.74, 6) is -0.122. The smallest absolute Gasteiger partial charge is 0.335 e. The Kier molecular flexibility index (Phi) is 7.01. The van der Waals surface area contributed by atoms with E-state index < -0.39 is 5.97 Å². The van der Waals surface area contributed by atoms with Gasteiger partial charge in [-0.15, -0.1) is 0 Å². The van der Waals surface area contributed by atoms with Gasteiger partial charge in [-0.3, -0.25) is 4.98 Å². The molecule has 4 nitrogen and oxygen atoms in total. The molecule has 0 spiro atoms. The summed E-state index contributed by atoms with van der Waals surface area (Å²) < 4.78 is 5.26. The zero-order valence-electron chi connectivity index (χ0n) is 17.0. The van der Waals surface area contributed by atoms with Crippen molar-refractivity contribution < 1.29 is 14.6 Å². The molecular formula is C25H27NO3. The largest absolute Gasteiger partial charge is 0.497 e. The standard InChI is InChI=1S/C25H27NO3/c1-3-4-5-6-7-18-16-23(19-8-10-21(11-9-19)25(27)28)24(26-17-18)20-12-14-22(29-2)15-13-20/h8-17H,3-7H2,1-2H3,(H,27,28). The van der Waals surface area contributed by atoms with E-state index in [1.807, 2.05) is 42.6 Å². The Morgan fingerprint density at radius 1 is 0.966 bits per heavy atom. The molecule has 0 aliphatic heterocycles. The number of hydrogen-bond donors (Lipinski definition) is 1. The summed E-state index contributed by atoms with van der Waals surface area (Å²) in [5, 5.41) is 9.19. The first-order valence-electron chi connectivity index (χ1n) is 10.1. The van der Waals surface area contributed by atoms with Gasteiger partial charge >= 0.3 is 5.97 Å². The number of methoxy groups -OCH3 is 1. The molecule has 3 aromatic rings. The van der Waals surface area contributed by atoms with E-state index >= 15 is 0 Å². The van der Waals surface area contributed by atoms with E-state index in [9.17, 15) is 9.90 Å². The topological polar surface area (TPSA) is 59.4 Å². The summed E-state index contributed by atoms with van der Waals surface area (Å²) in [5.41, 5.74) is 5.34. The Morgan fingerprint density at radius 2 is 1.66 bits per heavy atom. The summed E-state index contributed by atoms with van der Waals surface area (Å²) in [6.07, 6.45) is 7.79. The van der Waals surface area contributed by atoms with Crippen LogP contribution in [0.25, 0.3) is 22.4 Å². The Hall–Kier alpha value is -3.14. The van der Waals surface area contributed by atoms with Crippen LogP contribution < -0.4 is 4.74 Å². The van der Waals surface area contributed by atoms with E-state index in [2.05, 4.69) is 13.0 Å². The van der Waals surface area contributed by atoms with Crippen molar-refractivity contribution >= 4 is 5.97 Å². The average Bonchev–Trinajstić information content (AvgIpc) is 2.77. The molecule has 0 saturated heterocycles. The Morgan fingerprint density at radius 3 is 2.28 bits per heavy atom. The highest BCUT2D eigenvalue weighted by molar-refractivity contribution is 5.89. The first-order chi connectivity index (χ1) is 14.1. The van der Waals surface area contributed by atoms with E-state index in [-0.39, 0.29) is 5.56 Å². The number of carbonyl (C=O) groups is 1. The molecule has 0 bridgehead atoms. The van der Waals surface area contributed by atoms with Gasteiger partial charge in [0.2, 0.25) is 0 Å². The van der Waals surface area contributed by atoms with Crippen molar-refractivity contribution in [2.24, 2.45) is 0 Å². The predicted octanol–water partition coefficient (Wildman–Crippen LogP) is 6.25. The molecule has 0 fully saturated rings. The zero-order valence-corrected chi connectivity index (χ0v) is 17.0. The maximum atomic E-state index is 11.2. The van der Waals surface area contributed by atoms with Crippen LogP contribution >= 0.6 is 0 Å². The zero-order chi connectivity index (χ0) is 20.6. The molecule has 1 aromatic heterocycles. The third kappa shape index (κ3) is 5.23. The predicted molar refractivity (Wildman–Crippen MR) is 116 cm³/mol. The van der Waals surface area contributed by atoms with E-state index in [0.717, 1.165) is 41.0 Å². The summed E-state index contributed by atoms with van der Waals surface area (Å²) >= 11 is 0. The second kappa shape index (κ2) is 9.87. The lowest BCUT2D eigenvalue weighted by molar-refractivity contribution is 0.0697. The summed E-state index contributed by atoms with van der Waals surface area (Å²) in [6, 6.07) is 17.0. The number of aromatic carboxylic acids is 1. The molecule has 1 heterocycles. The van der Waals surface area contributed by atoms with Crippen LogP contribution in [0.15, 0.2) is 60.8 Å². The summed E-state index contributed by atoms with van der Waals surface area (Å²) in [4.78, 5) is 16.0. The van der Waals surface area contributed by atoms with Gasteiger partial charge in [-0.2, -0.15) is 0 Å². The van der Waals surface area contributed by atoms with Gasteiger partial charge in [-0.25, -0.2) is 4.79 Å². The molecule has 0 aliphatic carbocycles. The number of aromatic nitrogens is 1. The number of pyridine rings is 1. The van der Waals surface area contributed by atoms with Crippen LogP contribution in [0.2, 0.25) is 0 Å². The highest BCUT2D eigenvalue weighted by Crippen LogP contribution is 2.32. The van der Waals surface area contributed by atoms with Crippen LogP contribution in [0.3, 0.4) is 0 Å². The minimum atomic E-state index is -0.922. The van der Waals surface area contributed by atoms with Gasteiger partial charge in [-0.1, -0.05) is 38.3 Å². The normalized spacial score (nSPS) is 10.7. The lowest BCUT2D eigenvalue weighted by atomic mass is 9.95. The fraction of sp³-hybridized carbons (Fsp3) is 0.280. The molecule has 0 atom stereocenters. The van der Waals surface area contributed by atoms with Gasteiger partial charge < -0.3 is 9.84 Å². The number of aryl methyl sites for hydroxylation is 1. The van der Waals surface area contributed by atoms with Crippen LogP contribution in [0.1, 0.15) is 48.5 Å². The van der Waals surface area contributed by atoms with E-state index in [1.54, 1.807) is 19.2 Å². The maximum absolute atomic E-state index is 11.2. The molecule has 0 amide bonds. The van der Waals surface area contributed by atoms with E-state index in [1.165, 1.54) is 24.8 Å². The fourth-order valence-corrected chi connectivity index (χ4v) is 3.39. The molecule has 0 radical (unpaired) electrons. The number of carboxylic acid groups (broad SMARTS) is 1. The minimum Gasteiger partial charge on any atom is -0.497 e. The Balaban J connectivity index is 1.98. The molecule has 4 heteroatoms. The highest BCUT2D eigenvalue weighted by atomic mass is 16.5. The van der Waals surface area contributed by atoms with Gasteiger partial charge in [-0.05, 0) is 66.4 Å². The summed E-state index contributed by atoms with van der Waals surface area (Å²) in [6.45, 7) is 2.21. The number of unbranched alkanes of at least 4 members (excludes halogenated alkanes) is 3. The quantitative estimate of drug-likeness (QED) is 0.440. The molecule has 29 heavy (non-hydrogen) atoms. The molecule has 3 rings (SSSR count). The van der Waals surface area contributed by atoms with Gasteiger partial charge in [0.25, 0.3) is 0 Å². The number of carboxylic acids is 1. The molecule has 150 valence electrons. The number of ether oxygens (including phenoxy) is 1. The Bertz CT molecular complexity index is 947. The van der Waals surface area contributed by atoms with Crippen LogP contribution in [0.4, 0.5) is 0 Å². The first kappa shape index (κ1) is 20.6. The SMILES string of the molecule is CCCCCCc1cnc(-c2ccc(OC)cc2)c(-c2ccc(C(=O)O)cc2)c1. The molecule has 0 aliphatic rings. The Labute approximate surface area is 172 Å². The van der Waals surface area contributed by atoms with Crippen molar-refractivity contribution in [2.75, 3.05) is 7.11 Å². The van der Waals surface area contributed by atoms with E-state index in [4.69, 9.17) is 9.72 Å². The summed E-state index contributed by atoms with van der Waals surface area (Å²) in [7, 11) is 1.65. The van der Waals surface area contributed by atoms with Crippen molar-refractivity contribution in [2.45, 2.75) is 39.0 Å². The van der Waals surface area contributed by atoms with Crippen molar-refractivity contribution in [3.05, 3.63) is 71.9 Å². The molecule has 0 saturated carbocycles. The second-order valence-corrected chi connectivity index (χ2v) is 7.16. The van der Waals surface area contributed by atoms with Crippen molar-refractivity contribution in [1.82, 2.24) is 4.98 Å². The molecule has 2 aromatic carbocycles. The highest BCUT2D eigenvalue weighted by Gasteiger charge is 2.12. The monoisotopic (exact) mass is 389 g/mol. The lowest BCUT2D eigenvalue weighted by Gasteiger charge is -2.13. The van der Waals surface area contributed by atoms with Crippen LogP contribution in [-0.4, -0.2) is 23.2 Å². The third-order valence-electron chi connectivity index (χ3n) is 5.07. The fourth-order valence-electron chi connectivity index (χ4n) is 3.39. The lowest BCUT2D eigenvalue weighted by Crippen LogP contribution is -1.97. The van der Waals surface area contributed by atoms with E-state index in [0.29, 0.717) is 0 Å². The van der Waals surface area contributed by atoms with Crippen LogP contribution in [-0.2, 0) is 6.42 Å². The second-order valence-electron chi connectivity index (χ2n) is 7.16. The number of nitrogens with zero attached hydrogens (tertiary/aromatic N) is 1. The average molecular weight is 389 g/mol.